The molecule has 2 heterocycles. The van der Waals surface area contributed by atoms with E-state index in [0.29, 0.717) is 81.9 Å². The largest absolute Gasteiger partial charge is 0.508 e. The summed E-state index contributed by atoms with van der Waals surface area (Å²) in [5, 5.41) is 245. The average molecular weight is 2000 g/mol. The predicted octanol–water partition coefficient (Wildman–Crippen LogP) is 11.5. The van der Waals surface area contributed by atoms with Gasteiger partial charge in [-0.3, -0.25) is 25.4 Å². The summed E-state index contributed by atoms with van der Waals surface area (Å²) in [5.41, 5.74) is 19.3. The van der Waals surface area contributed by atoms with E-state index in [1.807, 2.05) is 6.07 Å². The van der Waals surface area contributed by atoms with Crippen molar-refractivity contribution >= 4 is 123 Å². The Morgan fingerprint density at radius 3 is 1.51 bits per heavy atom. The van der Waals surface area contributed by atoms with Crippen LogP contribution in [-0.4, -0.2) is 381 Å². The molecule has 2 aromatic carbocycles. The van der Waals surface area contributed by atoms with Gasteiger partial charge in [0, 0.05) is 49.5 Å². The highest BCUT2D eigenvalue weighted by atomic mass is 16.6. The fourth-order valence-corrected chi connectivity index (χ4v) is 15.0. The number of nitrogens with one attached hydrogen (secondary N) is 4. The second-order valence-electron chi connectivity index (χ2n) is 36.4. The first-order chi connectivity index (χ1) is 67.5. The molecular formula is C96H157N23O23. The van der Waals surface area contributed by atoms with Gasteiger partial charge in [0.25, 0.3) is 0 Å². The molecule has 3 aromatic rings. The molecule has 1 amide bonds. The van der Waals surface area contributed by atoms with E-state index in [1.54, 1.807) is 65.9 Å². The maximum absolute atomic E-state index is 14.3. The second kappa shape index (κ2) is 65.5. The molecule has 1 saturated heterocycles. The monoisotopic (exact) mass is 2000 g/mol. The molecular weight excluding hydrogens is 1840 g/mol. The van der Waals surface area contributed by atoms with Gasteiger partial charge in [-0.2, -0.15) is 0 Å². The van der Waals surface area contributed by atoms with Crippen LogP contribution >= 0.6 is 0 Å². The Morgan fingerprint density at radius 2 is 0.972 bits per heavy atom. The van der Waals surface area contributed by atoms with Crippen LogP contribution in [0.15, 0.2) is 130 Å². The number of aliphatic hydroxyl groups excluding tert-OH is 19. The van der Waals surface area contributed by atoms with Gasteiger partial charge in [0.1, 0.15) is 85.3 Å². The van der Waals surface area contributed by atoms with Crippen molar-refractivity contribution in [2.75, 3.05) is 66.0 Å². The van der Waals surface area contributed by atoms with Crippen LogP contribution in [0.4, 0.5) is 0 Å². The molecule has 0 radical (unpaired) electrons. The van der Waals surface area contributed by atoms with Crippen LogP contribution in [-0.2, 0) is 27.2 Å². The number of benzene rings is 2. The Morgan fingerprint density at radius 1 is 0.493 bits per heavy atom. The first-order valence-corrected chi connectivity index (χ1v) is 48.8. The lowest BCUT2D eigenvalue weighted by Crippen LogP contribution is -2.42. The Hall–Kier alpha value is -12.5. The number of nitrogens with zero attached hydrogens (tertiary/aromatic N) is 16. The highest BCUT2D eigenvalue weighted by molar-refractivity contribution is 5.97. The molecule has 0 bridgehead atoms. The molecule has 30 N–H and O–H groups in total. The molecule has 1 fully saturated rings. The van der Waals surface area contributed by atoms with E-state index >= 15 is 0 Å². The lowest BCUT2D eigenvalue weighted by atomic mass is 10.0. The summed E-state index contributed by atoms with van der Waals surface area (Å²) in [6.07, 6.45) is 7.39. The summed E-state index contributed by atoms with van der Waals surface area (Å²) in [7, 11) is 1.50. The number of phenolic OH excluding ortho intramolecular Hbond substituents is 1. The molecule has 1 aromatic heterocycles. The Kier molecular flexibility index (Phi) is 56.2. The Bertz CT molecular complexity index is 4850. The normalized spacial score (nSPS) is 18.1. The fourth-order valence-electron chi connectivity index (χ4n) is 15.0. The van der Waals surface area contributed by atoms with E-state index < -0.39 is 223 Å². The number of hydrogen-bond donors (Lipinski definition) is 27. The number of aliphatic hydroxyl groups is 19. The molecule has 0 unspecified atom stereocenters. The predicted molar refractivity (Wildman–Crippen MR) is 557 cm³/mol. The maximum Gasteiger partial charge on any atom is 0.320 e. The molecule has 0 saturated carbocycles. The number of phenols is 1. The number of rotatable bonds is 70. The topological polar surface area (TPSA) is 790 Å². The molecule has 46 heteroatoms. The van der Waals surface area contributed by atoms with Crippen LogP contribution in [0, 0.1) is 28.6 Å². The number of carbonyl (C=O) groups is 2. The van der Waals surface area contributed by atoms with Crippen LogP contribution in [0.1, 0.15) is 228 Å². The third-order valence-electron chi connectivity index (χ3n) is 22.7. The Balaban J connectivity index is 1.66. The van der Waals surface area contributed by atoms with E-state index in [0.717, 1.165) is 43.0 Å². The van der Waals surface area contributed by atoms with Crippen molar-refractivity contribution in [2.24, 2.45) is 110 Å². The summed E-state index contributed by atoms with van der Waals surface area (Å²) >= 11 is 0. The zero-order valence-electron chi connectivity index (χ0n) is 83.4. The Labute approximate surface area is 829 Å². The number of likely N-dealkylation sites (tertiary alicyclic amines) is 1. The molecule has 794 valence electrons. The number of fused-ring (bicyclic) bond motifs is 1. The zero-order valence-corrected chi connectivity index (χ0v) is 83.4. The van der Waals surface area contributed by atoms with Crippen LogP contribution in [0.3, 0.4) is 0 Å². The number of carbonyl (C=O) groups excluding carboxylic acids is 2. The van der Waals surface area contributed by atoms with Gasteiger partial charge in [-0.1, -0.05) is 104 Å². The minimum absolute atomic E-state index is 0.00788. The van der Waals surface area contributed by atoms with Gasteiger partial charge in [-0.05, 0) is 203 Å². The lowest BCUT2D eigenvalue weighted by molar-refractivity contribution is -0.145. The van der Waals surface area contributed by atoms with E-state index in [2.05, 4.69) is 92.1 Å². The first kappa shape index (κ1) is 122. The molecule has 1 aliphatic rings. The summed E-state index contributed by atoms with van der Waals surface area (Å²) in [6.45, 7) is 13.5. The van der Waals surface area contributed by atoms with Crippen molar-refractivity contribution in [1.29, 1.82) is 10.8 Å². The number of esters is 1. The van der Waals surface area contributed by atoms with Crippen molar-refractivity contribution in [2.45, 2.75) is 320 Å². The van der Waals surface area contributed by atoms with Gasteiger partial charge in [0.05, 0.1) is 25.7 Å². The maximum atomic E-state index is 14.3. The number of aromatic nitrogens is 1. The SMILES string of the molecule is CCCCCCCC(O)=NCCCC[C@H](N=C(O)[C@H](CCCCN)N=C(O)[C@H](CCCCN)N=C(O)[C@@H]1CCCN1C(=O)CN=C(O)[C@H](CC(C)C)N=C(O)[C@H](CC(C)C)N=C(O)[C@H](Cc1ccc(O)cc1)N=C(O)CN=C(O)[C@H](C)N=C(O)[C@H](CO)N=C(O)[C@H](CC(=N)O)N=C(O)[C@H](CC(C)C)N=C(O)[C@@H](N=C(O)[C@H](Cc1c[nH]c2ccccc12)OC(=O)CNC)[C@@H](C)O)C(O)=N[C@@H](CCCCN)C(=N)O. The summed E-state index contributed by atoms with van der Waals surface area (Å²) in [5.74, 6) is -15.3. The number of nitrogens with two attached hydrogens (primary N) is 3. The quantitative estimate of drug-likeness (QED) is 0.0108. The van der Waals surface area contributed by atoms with Gasteiger partial charge < -0.3 is 139 Å². The molecule has 4 rings (SSSR count). The number of likely N-dealkylation sites (N-methyl/N-ethyl adjacent to an activating group) is 1. The average Bonchev–Trinajstić information content (AvgIpc) is 1.67. The van der Waals surface area contributed by atoms with Crippen molar-refractivity contribution in [3.8, 4) is 5.75 Å². The standard InChI is InChI=1S/C96H157N23O23/c1-11-12-13-14-15-34-78(124)103-42-25-21-32-67(86(131)109-65(83(101)128)29-18-22-39-97)111-87(132)66(30-19-23-40-98)110-88(133)68(31-20-24-41-99)112-94(139)75-33-26-43-119(75)80(126)52-106-85(130)69(44-55(2)3)113-89(134)70(45-56(4)5)114-91(136)72(47-60-35-37-62(122)38-36-60)108-79(125)51-105-84(129)58(8)107-93(138)74(54-120)117-92(137)73(49-77(100)123)115-90(135)71(46-57(6)7)116-96(141)82(59(9)121)118-95(140)76(142-81(127)53-102-10)48-61-50-104-64-28-17-16-27-63(61)64/h16-17,27-28,35-38,50,55-59,65-76,82,102,104,120-122H,11-15,18-26,29-34,39-49,51-54,97-99H2,1-10H3,(H2,100,123)(H2,101,128)(H,103,124)(H,105,129)(H,106,130)(H,107,138)(H,108,125)(H,109,131)(H,110,133)(H,111,132)(H,112,139)(H,113,134)(H,114,136)(H,115,135)(H,116,141)(H,117,137)(H,118,140)/t58-,59+,65-,66-,67-,68-,69-,70-,71-,72-,73-,74-,75-,76-,82-/m0/s1. The fraction of sp³-hybridized carbons (Fsp3) is 0.656. The molecule has 0 spiro atoms. The first-order valence-electron chi connectivity index (χ1n) is 48.8. The van der Waals surface area contributed by atoms with Crippen molar-refractivity contribution in [1.82, 2.24) is 15.2 Å². The van der Waals surface area contributed by atoms with Gasteiger partial charge >= 0.3 is 5.97 Å². The van der Waals surface area contributed by atoms with Crippen LogP contribution in [0.25, 0.3) is 10.9 Å². The molecule has 15 atom stereocenters. The highest BCUT2D eigenvalue weighted by Gasteiger charge is 2.37. The number of hydrogen-bond acceptors (Lipinski definition) is 27. The highest BCUT2D eigenvalue weighted by Crippen LogP contribution is 2.27. The smallest absolute Gasteiger partial charge is 0.320 e. The molecule has 0 aliphatic carbocycles. The minimum Gasteiger partial charge on any atom is -0.508 e. The molecule has 1 aliphatic heterocycles. The summed E-state index contributed by atoms with van der Waals surface area (Å²) in [4.78, 5) is 95.2. The third kappa shape index (κ3) is 45.2. The van der Waals surface area contributed by atoms with Gasteiger partial charge in [-0.15, -0.1) is 0 Å². The summed E-state index contributed by atoms with van der Waals surface area (Å²) < 4.78 is 5.58. The number of para-hydroxylation sites is 1. The number of H-pyrrole nitrogens is 1. The number of aromatic amines is 1. The van der Waals surface area contributed by atoms with Gasteiger partial charge in [-0.25, -0.2) is 69.9 Å². The van der Waals surface area contributed by atoms with Gasteiger partial charge in [0.15, 0.2) is 30.0 Å². The number of unbranched alkanes of at least 4 members (excludes halogenated alkanes) is 8. The zero-order chi connectivity index (χ0) is 106. The van der Waals surface area contributed by atoms with E-state index in [4.69, 9.17) is 32.8 Å². The van der Waals surface area contributed by atoms with E-state index in [1.165, 1.54) is 50.1 Å². The van der Waals surface area contributed by atoms with E-state index in [9.17, 15) is 112 Å². The van der Waals surface area contributed by atoms with Crippen LogP contribution in [0.2, 0.25) is 0 Å². The lowest BCUT2D eigenvalue weighted by Gasteiger charge is -2.24. The molecule has 142 heavy (non-hydrogen) atoms. The van der Waals surface area contributed by atoms with Crippen LogP contribution < -0.4 is 22.5 Å². The van der Waals surface area contributed by atoms with Crippen molar-refractivity contribution < 1.29 is 116 Å². The van der Waals surface area contributed by atoms with Crippen molar-refractivity contribution in [3.05, 3.63) is 65.9 Å². The number of aromatic hydroxyl groups is 1. The minimum atomic E-state index is -1.87. The third-order valence-corrected chi connectivity index (χ3v) is 22.7. The number of amides is 1. The molecule has 46 nitrogen and oxygen atoms in total. The second-order valence-corrected chi connectivity index (χ2v) is 36.4. The van der Waals surface area contributed by atoms with Crippen molar-refractivity contribution in [3.63, 3.8) is 0 Å². The van der Waals surface area contributed by atoms with Gasteiger partial charge in [0.2, 0.25) is 94.4 Å². The number of aliphatic imine (C=N–C) groups is 15. The van der Waals surface area contributed by atoms with Crippen LogP contribution in [0.5, 0.6) is 5.75 Å². The summed E-state index contributed by atoms with van der Waals surface area (Å²) in [6, 6.07) is -5.79. The van der Waals surface area contributed by atoms with E-state index in [-0.39, 0.29) is 126 Å². The number of ether oxygens (including phenoxy) is 1.